The summed E-state index contributed by atoms with van der Waals surface area (Å²) in [4.78, 5) is 14.6. The molecule has 1 aromatic carbocycles. The number of rotatable bonds is 5. The number of fused-ring (bicyclic) bond motifs is 2. The van der Waals surface area contributed by atoms with E-state index in [0.717, 1.165) is 25.9 Å². The van der Waals surface area contributed by atoms with Crippen LogP contribution in [0, 0.1) is 11.8 Å². The summed E-state index contributed by atoms with van der Waals surface area (Å²) in [5.41, 5.74) is 1.23. The highest BCUT2D eigenvalue weighted by Gasteiger charge is 2.43. The van der Waals surface area contributed by atoms with E-state index in [4.69, 9.17) is 14.2 Å². The Labute approximate surface area is 174 Å². The fourth-order valence-corrected chi connectivity index (χ4v) is 5.39. The Morgan fingerprint density at radius 2 is 2.00 bits per heavy atom. The molecule has 0 spiro atoms. The van der Waals surface area contributed by atoms with Crippen LogP contribution in [0.1, 0.15) is 24.8 Å². The topological polar surface area (TPSA) is 68.2 Å². The molecule has 7 heteroatoms. The molecule has 1 saturated heterocycles. The third-order valence-electron chi connectivity index (χ3n) is 6.28. The van der Waals surface area contributed by atoms with Crippen molar-refractivity contribution in [3.05, 3.63) is 40.6 Å². The number of hydrogen-bond acceptors (Lipinski definition) is 6. The number of aryl methyl sites for hydroxylation is 1. The predicted octanol–water partition coefficient (Wildman–Crippen LogP) is 3.09. The molecular formula is C22H25NO5S. The average Bonchev–Trinajstić information content (AvgIpc) is 3.46. The maximum Gasteiger partial charge on any atom is 0.231 e. The van der Waals surface area contributed by atoms with Crippen molar-refractivity contribution in [3.8, 4) is 17.2 Å². The number of benzene rings is 1. The Balaban J connectivity index is 1.18. The first kappa shape index (κ1) is 18.8. The van der Waals surface area contributed by atoms with E-state index in [0.29, 0.717) is 41.9 Å². The summed E-state index contributed by atoms with van der Waals surface area (Å²) in [5, 5.41) is 14.8. The van der Waals surface area contributed by atoms with Gasteiger partial charge in [0.25, 0.3) is 0 Å². The Hall–Kier alpha value is -2.25. The first-order valence-electron chi connectivity index (χ1n) is 10.2. The van der Waals surface area contributed by atoms with Crippen LogP contribution in [0.5, 0.6) is 17.2 Å². The number of aliphatic hydroxyl groups is 1. The van der Waals surface area contributed by atoms with E-state index < -0.39 is 6.10 Å². The highest BCUT2D eigenvalue weighted by molar-refractivity contribution is 7.07. The van der Waals surface area contributed by atoms with E-state index in [1.54, 1.807) is 11.3 Å². The second-order valence-electron chi connectivity index (χ2n) is 8.16. The van der Waals surface area contributed by atoms with E-state index in [1.165, 1.54) is 5.56 Å². The molecule has 0 radical (unpaired) electrons. The number of amides is 1. The molecule has 1 saturated carbocycles. The van der Waals surface area contributed by atoms with Crippen LogP contribution < -0.4 is 14.2 Å². The minimum absolute atomic E-state index is 0.216. The summed E-state index contributed by atoms with van der Waals surface area (Å²) in [6.45, 7) is 1.74. The van der Waals surface area contributed by atoms with Crippen LogP contribution in [0.4, 0.5) is 0 Å². The molecule has 2 aliphatic heterocycles. The summed E-state index contributed by atoms with van der Waals surface area (Å²) in [5.74, 6) is 3.02. The number of nitrogens with zero attached hydrogens (tertiary/aromatic N) is 1. The van der Waals surface area contributed by atoms with Crippen LogP contribution >= 0.6 is 11.3 Å². The number of likely N-dealkylation sites (tertiary alicyclic amines) is 1. The van der Waals surface area contributed by atoms with E-state index in [-0.39, 0.29) is 18.8 Å². The molecule has 2 aromatic rings. The quantitative estimate of drug-likeness (QED) is 0.813. The standard InChI is InChI=1S/C22H25NO5S/c24-18-7-15-10-23(22(25)4-1-14-5-6-29-12-14)11-16(15)8-20(18)28-17-2-3-19-21(9-17)27-13-26-19/h2-3,5-6,9,12,15-16,18,20,24H,1,4,7-8,10-11,13H2/t15-,16+,18+,20+/m0/s1. The zero-order valence-electron chi connectivity index (χ0n) is 16.2. The van der Waals surface area contributed by atoms with Gasteiger partial charge in [0.15, 0.2) is 11.5 Å². The van der Waals surface area contributed by atoms with E-state index in [2.05, 4.69) is 11.4 Å². The molecule has 1 aromatic heterocycles. The summed E-state index contributed by atoms with van der Waals surface area (Å²) < 4.78 is 16.8. The van der Waals surface area contributed by atoms with Crippen LogP contribution in [-0.2, 0) is 11.2 Å². The SMILES string of the molecule is O=C(CCc1ccsc1)N1C[C@H]2C[C@@H](Oc3ccc4c(c3)OCO4)[C@H](O)C[C@H]2C1. The number of carbonyl (C=O) groups is 1. The molecular weight excluding hydrogens is 390 g/mol. The molecule has 3 heterocycles. The van der Waals surface area contributed by atoms with Crippen molar-refractivity contribution < 1.29 is 24.1 Å². The predicted molar refractivity (Wildman–Crippen MR) is 108 cm³/mol. The van der Waals surface area contributed by atoms with Gasteiger partial charge >= 0.3 is 0 Å². The van der Waals surface area contributed by atoms with Crippen molar-refractivity contribution in [1.82, 2.24) is 4.90 Å². The zero-order chi connectivity index (χ0) is 19.8. The summed E-state index contributed by atoms with van der Waals surface area (Å²) in [6.07, 6.45) is 1.99. The fraction of sp³-hybridized carbons (Fsp3) is 0.500. The Kier molecular flexibility index (Phi) is 5.09. The van der Waals surface area contributed by atoms with Crippen molar-refractivity contribution in [2.24, 2.45) is 11.8 Å². The molecule has 0 bridgehead atoms. The molecule has 5 rings (SSSR count). The highest BCUT2D eigenvalue weighted by Crippen LogP contribution is 2.40. The van der Waals surface area contributed by atoms with Crippen LogP contribution in [0.3, 0.4) is 0 Å². The zero-order valence-corrected chi connectivity index (χ0v) is 17.0. The molecule has 6 nitrogen and oxygen atoms in total. The van der Waals surface area contributed by atoms with Gasteiger partial charge in [0, 0.05) is 25.6 Å². The average molecular weight is 416 g/mol. The van der Waals surface area contributed by atoms with Crippen molar-refractivity contribution in [3.63, 3.8) is 0 Å². The van der Waals surface area contributed by atoms with Crippen LogP contribution in [0.2, 0.25) is 0 Å². The maximum atomic E-state index is 12.7. The van der Waals surface area contributed by atoms with Gasteiger partial charge in [0.2, 0.25) is 12.7 Å². The maximum absolute atomic E-state index is 12.7. The second kappa shape index (κ2) is 7.88. The van der Waals surface area contributed by atoms with Gasteiger partial charge < -0.3 is 24.2 Å². The number of ether oxygens (including phenoxy) is 3. The van der Waals surface area contributed by atoms with E-state index in [9.17, 15) is 9.90 Å². The van der Waals surface area contributed by atoms with E-state index >= 15 is 0 Å². The number of aliphatic hydroxyl groups excluding tert-OH is 1. The van der Waals surface area contributed by atoms with Crippen LogP contribution in [0.15, 0.2) is 35.0 Å². The fourth-order valence-electron chi connectivity index (χ4n) is 4.69. The lowest BCUT2D eigenvalue weighted by Crippen LogP contribution is -2.42. The van der Waals surface area contributed by atoms with Crippen LogP contribution in [-0.4, -0.2) is 48.0 Å². The number of thiophene rings is 1. The Morgan fingerprint density at radius 1 is 1.17 bits per heavy atom. The monoisotopic (exact) mass is 415 g/mol. The number of hydrogen-bond donors (Lipinski definition) is 1. The van der Waals surface area contributed by atoms with Gasteiger partial charge in [-0.15, -0.1) is 0 Å². The van der Waals surface area contributed by atoms with Crippen LogP contribution in [0.25, 0.3) is 0 Å². The molecule has 1 amide bonds. The molecule has 0 unspecified atom stereocenters. The van der Waals surface area contributed by atoms with Gasteiger partial charge in [-0.3, -0.25) is 4.79 Å². The Bertz CT molecular complexity index is 870. The third kappa shape index (κ3) is 3.94. The largest absolute Gasteiger partial charge is 0.488 e. The molecule has 1 N–H and O–H groups in total. The van der Waals surface area contributed by atoms with Gasteiger partial charge in [-0.25, -0.2) is 0 Å². The Morgan fingerprint density at radius 3 is 2.83 bits per heavy atom. The van der Waals surface area contributed by atoms with Gasteiger partial charge in [-0.05, 0) is 65.6 Å². The molecule has 3 aliphatic rings. The lowest BCUT2D eigenvalue weighted by Gasteiger charge is -2.35. The first-order valence-corrected chi connectivity index (χ1v) is 11.1. The van der Waals surface area contributed by atoms with Gasteiger partial charge in [0.1, 0.15) is 11.9 Å². The van der Waals surface area contributed by atoms with Crippen molar-refractivity contribution in [2.45, 2.75) is 37.9 Å². The van der Waals surface area contributed by atoms with Gasteiger partial charge in [-0.1, -0.05) is 0 Å². The lowest BCUT2D eigenvalue weighted by molar-refractivity contribution is -0.130. The van der Waals surface area contributed by atoms with Gasteiger partial charge in [0.05, 0.1) is 6.10 Å². The second-order valence-corrected chi connectivity index (χ2v) is 8.94. The van der Waals surface area contributed by atoms with Gasteiger partial charge in [-0.2, -0.15) is 11.3 Å². The smallest absolute Gasteiger partial charge is 0.231 e. The van der Waals surface area contributed by atoms with Crippen molar-refractivity contribution in [2.75, 3.05) is 19.9 Å². The molecule has 2 fully saturated rings. The molecule has 154 valence electrons. The summed E-state index contributed by atoms with van der Waals surface area (Å²) >= 11 is 1.67. The van der Waals surface area contributed by atoms with Crippen molar-refractivity contribution in [1.29, 1.82) is 0 Å². The normalized spacial score (nSPS) is 27.7. The lowest BCUT2D eigenvalue weighted by atomic mass is 9.78. The third-order valence-corrected chi connectivity index (χ3v) is 7.01. The molecule has 1 aliphatic carbocycles. The minimum atomic E-state index is -0.525. The molecule has 29 heavy (non-hydrogen) atoms. The summed E-state index contributed by atoms with van der Waals surface area (Å²) in [7, 11) is 0. The minimum Gasteiger partial charge on any atom is -0.488 e. The highest BCUT2D eigenvalue weighted by atomic mass is 32.1. The van der Waals surface area contributed by atoms with Crippen molar-refractivity contribution >= 4 is 17.2 Å². The first-order chi connectivity index (χ1) is 14.2. The van der Waals surface area contributed by atoms with E-state index in [1.807, 2.05) is 28.5 Å². The summed E-state index contributed by atoms with van der Waals surface area (Å²) in [6, 6.07) is 7.58. The number of carbonyl (C=O) groups excluding carboxylic acids is 1. The molecule has 4 atom stereocenters.